The van der Waals surface area contributed by atoms with E-state index in [9.17, 15) is 9.59 Å². The van der Waals surface area contributed by atoms with E-state index in [1.165, 1.54) is 4.90 Å². The highest BCUT2D eigenvalue weighted by Crippen LogP contribution is 2.41. The first-order chi connectivity index (χ1) is 13.6. The Morgan fingerprint density at radius 2 is 1.64 bits per heavy atom. The average molecular weight is 380 g/mol. The van der Waals surface area contributed by atoms with Crippen molar-refractivity contribution in [2.75, 3.05) is 4.90 Å². The summed E-state index contributed by atoms with van der Waals surface area (Å²) in [6.07, 6.45) is 3.59. The molecule has 1 atom stereocenters. The molecule has 5 heteroatoms. The molecule has 0 aliphatic carbocycles. The zero-order chi connectivity index (χ0) is 20.1. The zero-order valence-corrected chi connectivity index (χ0v) is 16.6. The van der Waals surface area contributed by atoms with E-state index in [-0.39, 0.29) is 11.9 Å². The number of nitrogens with two attached hydrogens (primary N) is 1. The number of fused-ring (bicyclic) bond motifs is 2. The van der Waals surface area contributed by atoms with Crippen molar-refractivity contribution in [3.05, 3.63) is 59.7 Å². The Morgan fingerprint density at radius 3 is 2.29 bits per heavy atom. The number of carbonyl (C=O) groups is 2. The van der Waals surface area contributed by atoms with Crippen LogP contribution in [-0.2, 0) is 16.0 Å². The predicted octanol–water partition coefficient (Wildman–Crippen LogP) is 5.26. The maximum absolute atomic E-state index is 12.9. The minimum Gasteiger partial charge on any atom is -0.457 e. The second kappa shape index (κ2) is 8.91. The lowest BCUT2D eigenvalue weighted by molar-refractivity contribution is -0.155. The second-order valence-corrected chi connectivity index (χ2v) is 7.27. The van der Waals surface area contributed by atoms with Crippen molar-refractivity contribution in [3.63, 3.8) is 0 Å². The van der Waals surface area contributed by atoms with Crippen molar-refractivity contribution in [1.29, 1.82) is 0 Å². The molecule has 5 nitrogen and oxygen atoms in total. The molecule has 0 saturated carbocycles. The molecule has 2 N–H and O–H groups in total. The van der Waals surface area contributed by atoms with E-state index in [1.807, 2.05) is 48.5 Å². The number of rotatable bonds is 6. The molecule has 0 bridgehead atoms. The van der Waals surface area contributed by atoms with E-state index in [4.69, 9.17) is 10.5 Å². The van der Waals surface area contributed by atoms with Gasteiger partial charge in [-0.3, -0.25) is 9.69 Å². The molecular formula is C23H28N2O3. The van der Waals surface area contributed by atoms with Crippen LogP contribution in [0.5, 0.6) is 0 Å². The van der Waals surface area contributed by atoms with Gasteiger partial charge in [0.15, 0.2) is 0 Å². The normalized spacial score (nSPS) is 15.5. The highest BCUT2D eigenvalue weighted by Gasteiger charge is 2.32. The van der Waals surface area contributed by atoms with Crippen molar-refractivity contribution < 1.29 is 14.3 Å². The molecule has 0 fully saturated rings. The highest BCUT2D eigenvalue weighted by atomic mass is 16.5. The van der Waals surface area contributed by atoms with Crippen LogP contribution in [0.2, 0.25) is 0 Å². The van der Waals surface area contributed by atoms with Crippen molar-refractivity contribution in [2.45, 2.75) is 52.1 Å². The zero-order valence-electron chi connectivity index (χ0n) is 16.6. The van der Waals surface area contributed by atoms with Gasteiger partial charge in [-0.2, -0.15) is 0 Å². The topological polar surface area (TPSA) is 72.6 Å². The largest absolute Gasteiger partial charge is 0.457 e. The minimum absolute atomic E-state index is 0.0899. The molecule has 2 aromatic carbocycles. The summed E-state index contributed by atoms with van der Waals surface area (Å²) < 4.78 is 6.03. The standard InChI is InChI=1S/C23H28N2O3/c1-3-9-16(10-4-2)22(26)28-21-15-17-11-5-7-13-19(17)25(23(24)27)20-14-8-6-12-18(20)21/h5-8,11-14,16,21H,3-4,9-10,15H2,1-2H3,(H2,24,27). The first-order valence-electron chi connectivity index (χ1n) is 10.0. The smallest absolute Gasteiger partial charge is 0.323 e. The molecule has 148 valence electrons. The fourth-order valence-corrected chi connectivity index (χ4v) is 3.96. The predicted molar refractivity (Wildman–Crippen MR) is 110 cm³/mol. The Balaban J connectivity index is 2.01. The van der Waals surface area contributed by atoms with Gasteiger partial charge in [0, 0.05) is 12.0 Å². The number of urea groups is 1. The van der Waals surface area contributed by atoms with Crippen LogP contribution in [-0.4, -0.2) is 12.0 Å². The lowest BCUT2D eigenvalue weighted by Gasteiger charge is -2.24. The molecule has 28 heavy (non-hydrogen) atoms. The van der Waals surface area contributed by atoms with E-state index < -0.39 is 12.1 Å². The number of ether oxygens (including phenoxy) is 1. The van der Waals surface area contributed by atoms with Crippen LogP contribution in [0.15, 0.2) is 48.5 Å². The molecule has 1 unspecified atom stereocenters. The lowest BCUT2D eigenvalue weighted by Crippen LogP contribution is -2.32. The third-order valence-corrected chi connectivity index (χ3v) is 5.25. The molecule has 2 amide bonds. The number of hydrogen-bond donors (Lipinski definition) is 1. The molecule has 1 aliphatic rings. The molecule has 0 spiro atoms. The summed E-state index contributed by atoms with van der Waals surface area (Å²) in [5, 5.41) is 0. The number of esters is 1. The quantitative estimate of drug-likeness (QED) is 0.695. The number of benzene rings is 2. The summed E-state index contributed by atoms with van der Waals surface area (Å²) in [5.74, 6) is -0.249. The van der Waals surface area contributed by atoms with Crippen molar-refractivity contribution in [1.82, 2.24) is 0 Å². The van der Waals surface area contributed by atoms with Crippen LogP contribution < -0.4 is 10.6 Å². The van der Waals surface area contributed by atoms with Gasteiger partial charge in [-0.05, 0) is 30.5 Å². The van der Waals surface area contributed by atoms with Crippen LogP contribution in [0, 0.1) is 5.92 Å². The van der Waals surface area contributed by atoms with E-state index in [1.54, 1.807) is 0 Å². The van der Waals surface area contributed by atoms with Gasteiger partial charge < -0.3 is 10.5 Å². The summed E-state index contributed by atoms with van der Waals surface area (Å²) >= 11 is 0. The van der Waals surface area contributed by atoms with Crippen molar-refractivity contribution in [2.24, 2.45) is 11.7 Å². The molecule has 0 aromatic heterocycles. The van der Waals surface area contributed by atoms with Crippen LogP contribution in [0.3, 0.4) is 0 Å². The summed E-state index contributed by atoms with van der Waals surface area (Å²) in [6, 6.07) is 14.6. The van der Waals surface area contributed by atoms with Crippen LogP contribution >= 0.6 is 0 Å². The van der Waals surface area contributed by atoms with Gasteiger partial charge in [0.1, 0.15) is 6.10 Å². The summed E-state index contributed by atoms with van der Waals surface area (Å²) in [5.41, 5.74) is 8.85. The molecule has 0 radical (unpaired) electrons. The SMILES string of the molecule is CCCC(CCC)C(=O)OC1Cc2ccccc2N(C(N)=O)c2ccccc21. The number of para-hydroxylation sites is 2. The van der Waals surface area contributed by atoms with E-state index in [0.29, 0.717) is 12.1 Å². The molecular weight excluding hydrogens is 352 g/mol. The van der Waals surface area contributed by atoms with Gasteiger partial charge in [0.05, 0.1) is 17.3 Å². The Morgan fingerprint density at radius 1 is 1.04 bits per heavy atom. The maximum Gasteiger partial charge on any atom is 0.323 e. The van der Waals surface area contributed by atoms with Gasteiger partial charge >= 0.3 is 12.0 Å². The monoisotopic (exact) mass is 380 g/mol. The van der Waals surface area contributed by atoms with E-state index in [0.717, 1.165) is 42.5 Å². The van der Waals surface area contributed by atoms with Crippen molar-refractivity contribution >= 4 is 23.4 Å². The Hall–Kier alpha value is -2.82. The Kier molecular flexibility index (Phi) is 6.34. The summed E-state index contributed by atoms with van der Waals surface area (Å²) in [6.45, 7) is 4.16. The lowest BCUT2D eigenvalue weighted by atomic mass is 9.97. The number of primary amides is 1. The summed E-state index contributed by atoms with van der Waals surface area (Å²) in [4.78, 5) is 26.7. The molecule has 3 rings (SSSR count). The molecule has 0 saturated heterocycles. The first-order valence-corrected chi connectivity index (χ1v) is 10.0. The second-order valence-electron chi connectivity index (χ2n) is 7.27. The number of carbonyl (C=O) groups excluding carboxylic acids is 2. The molecule has 1 heterocycles. The number of hydrogen-bond acceptors (Lipinski definition) is 3. The first kappa shape index (κ1) is 19.9. The fraction of sp³-hybridized carbons (Fsp3) is 0.391. The Bertz CT molecular complexity index is 843. The van der Waals surface area contributed by atoms with Gasteiger partial charge in [-0.25, -0.2) is 4.79 Å². The maximum atomic E-state index is 12.9. The number of anilines is 2. The minimum atomic E-state index is -0.554. The van der Waals surface area contributed by atoms with Gasteiger partial charge in [-0.1, -0.05) is 63.1 Å². The third-order valence-electron chi connectivity index (χ3n) is 5.25. The van der Waals surface area contributed by atoms with Gasteiger partial charge in [0.2, 0.25) is 0 Å². The highest BCUT2D eigenvalue weighted by molar-refractivity contribution is 6.00. The fourth-order valence-electron chi connectivity index (χ4n) is 3.96. The van der Waals surface area contributed by atoms with Crippen LogP contribution in [0.1, 0.15) is 56.8 Å². The summed E-state index contributed by atoms with van der Waals surface area (Å²) in [7, 11) is 0. The van der Waals surface area contributed by atoms with E-state index in [2.05, 4.69) is 13.8 Å². The van der Waals surface area contributed by atoms with Gasteiger partial charge in [0.25, 0.3) is 0 Å². The molecule has 2 aromatic rings. The molecule has 1 aliphatic heterocycles. The van der Waals surface area contributed by atoms with Gasteiger partial charge in [-0.15, -0.1) is 0 Å². The van der Waals surface area contributed by atoms with E-state index >= 15 is 0 Å². The van der Waals surface area contributed by atoms with Crippen LogP contribution in [0.25, 0.3) is 0 Å². The third kappa shape index (κ3) is 4.03. The Labute approximate surface area is 166 Å². The van der Waals surface area contributed by atoms with Crippen molar-refractivity contribution in [3.8, 4) is 0 Å². The number of amides is 2. The average Bonchev–Trinajstić information content (AvgIpc) is 2.82. The number of nitrogens with zero attached hydrogens (tertiary/aromatic N) is 1. The van der Waals surface area contributed by atoms with Crippen LogP contribution in [0.4, 0.5) is 16.2 Å².